The second-order valence-electron chi connectivity index (χ2n) is 7.38. The van der Waals surface area contributed by atoms with Crippen molar-refractivity contribution in [1.29, 1.82) is 0 Å². The lowest BCUT2D eigenvalue weighted by molar-refractivity contribution is -0.137. The van der Waals surface area contributed by atoms with E-state index in [9.17, 15) is 17.6 Å². The molecule has 1 atom stereocenters. The van der Waals surface area contributed by atoms with Gasteiger partial charge in [0.2, 0.25) is 0 Å². The van der Waals surface area contributed by atoms with Gasteiger partial charge < -0.3 is 0 Å². The molecule has 0 bridgehead atoms. The van der Waals surface area contributed by atoms with Crippen molar-refractivity contribution < 1.29 is 17.6 Å². The van der Waals surface area contributed by atoms with Crippen LogP contribution in [0.25, 0.3) is 5.57 Å². The number of hydrogen-bond acceptors (Lipinski definition) is 0. The highest BCUT2D eigenvalue weighted by molar-refractivity contribution is 6.31. The van der Waals surface area contributed by atoms with Gasteiger partial charge in [0.1, 0.15) is 5.82 Å². The Morgan fingerprint density at radius 1 is 1.07 bits per heavy atom. The summed E-state index contributed by atoms with van der Waals surface area (Å²) < 4.78 is 52.6. The maximum absolute atomic E-state index is 14.0. The van der Waals surface area contributed by atoms with E-state index in [1.54, 1.807) is 6.07 Å². The van der Waals surface area contributed by atoms with Crippen LogP contribution in [-0.4, -0.2) is 0 Å². The normalized spacial score (nSPS) is 14.0. The van der Waals surface area contributed by atoms with Gasteiger partial charge in [-0.25, -0.2) is 4.39 Å². The first-order valence-corrected chi connectivity index (χ1v) is 10.3. The van der Waals surface area contributed by atoms with E-state index >= 15 is 0 Å². The van der Waals surface area contributed by atoms with Gasteiger partial charge in [0.15, 0.2) is 0 Å². The zero-order valence-corrected chi connectivity index (χ0v) is 18.0. The minimum Gasteiger partial charge on any atom is -0.205 e. The molecule has 0 radical (unpaired) electrons. The van der Waals surface area contributed by atoms with Gasteiger partial charge in [0.25, 0.3) is 0 Å². The van der Waals surface area contributed by atoms with Gasteiger partial charge in [-0.15, -0.1) is 0 Å². The van der Waals surface area contributed by atoms with Crippen molar-refractivity contribution in [1.82, 2.24) is 0 Å². The molecule has 2 aromatic rings. The molecular weight excluding hydrogens is 400 g/mol. The number of rotatable bonds is 7. The average Bonchev–Trinajstić information content (AvgIpc) is 2.69. The van der Waals surface area contributed by atoms with Gasteiger partial charge in [0, 0.05) is 5.92 Å². The van der Waals surface area contributed by atoms with Gasteiger partial charge in [-0.05, 0) is 72.7 Å². The molecule has 0 saturated carbocycles. The Labute approximate surface area is 175 Å². The second kappa shape index (κ2) is 9.80. The molecule has 0 nitrogen and oxygen atoms in total. The van der Waals surface area contributed by atoms with E-state index < -0.39 is 17.6 Å². The zero-order valence-electron chi connectivity index (χ0n) is 17.3. The van der Waals surface area contributed by atoms with Crippen LogP contribution in [0.15, 0.2) is 42.0 Å². The van der Waals surface area contributed by atoms with Crippen molar-refractivity contribution in [3.63, 3.8) is 0 Å². The summed E-state index contributed by atoms with van der Waals surface area (Å²) in [7, 11) is 0. The van der Waals surface area contributed by atoms with E-state index in [4.69, 9.17) is 11.6 Å². The molecule has 29 heavy (non-hydrogen) atoms. The SMILES string of the molecule is CCCC/C(=C(/C)C(C)c1ccc(C(F)(F)F)cc1)c1cc(Cl)c(F)cc1CC. The Kier molecular flexibility index (Phi) is 7.93. The predicted molar refractivity (Wildman–Crippen MR) is 113 cm³/mol. The lowest BCUT2D eigenvalue weighted by Crippen LogP contribution is -2.06. The van der Waals surface area contributed by atoms with Crippen molar-refractivity contribution in [2.75, 3.05) is 0 Å². The summed E-state index contributed by atoms with van der Waals surface area (Å²) in [6.07, 6.45) is -0.907. The molecule has 2 aromatic carbocycles. The summed E-state index contributed by atoms with van der Waals surface area (Å²) in [5.74, 6) is -0.506. The number of hydrogen-bond donors (Lipinski definition) is 0. The molecule has 0 heterocycles. The molecule has 158 valence electrons. The van der Waals surface area contributed by atoms with Crippen LogP contribution in [-0.2, 0) is 12.6 Å². The Bertz CT molecular complexity index is 864. The highest BCUT2D eigenvalue weighted by atomic mass is 35.5. The Hall–Kier alpha value is -1.81. The summed E-state index contributed by atoms with van der Waals surface area (Å²) >= 11 is 6.08. The Morgan fingerprint density at radius 2 is 1.69 bits per heavy atom. The van der Waals surface area contributed by atoms with Crippen molar-refractivity contribution in [3.05, 3.63) is 75.1 Å². The third-order valence-corrected chi connectivity index (χ3v) is 5.79. The molecule has 0 aliphatic carbocycles. The van der Waals surface area contributed by atoms with Crippen LogP contribution in [0.5, 0.6) is 0 Å². The van der Waals surface area contributed by atoms with Gasteiger partial charge in [-0.3, -0.25) is 0 Å². The van der Waals surface area contributed by atoms with Crippen LogP contribution in [0.1, 0.15) is 75.1 Å². The van der Waals surface area contributed by atoms with E-state index in [2.05, 4.69) is 6.92 Å². The maximum Gasteiger partial charge on any atom is 0.416 e. The van der Waals surface area contributed by atoms with E-state index in [1.807, 2.05) is 20.8 Å². The summed E-state index contributed by atoms with van der Waals surface area (Å²) in [5.41, 5.74) is 4.14. The Morgan fingerprint density at radius 3 is 2.21 bits per heavy atom. The Balaban J connectivity index is 2.53. The zero-order chi connectivity index (χ0) is 21.8. The fourth-order valence-corrected chi connectivity index (χ4v) is 3.70. The first-order valence-electron chi connectivity index (χ1n) is 9.95. The number of halogens is 5. The highest BCUT2D eigenvalue weighted by Crippen LogP contribution is 2.37. The number of alkyl halides is 3. The monoisotopic (exact) mass is 426 g/mol. The molecule has 0 aromatic heterocycles. The van der Waals surface area contributed by atoms with E-state index in [1.165, 1.54) is 18.2 Å². The fourth-order valence-electron chi connectivity index (χ4n) is 3.53. The van der Waals surface area contributed by atoms with Crippen molar-refractivity contribution >= 4 is 17.2 Å². The number of aryl methyl sites for hydroxylation is 1. The smallest absolute Gasteiger partial charge is 0.205 e. The summed E-state index contributed by atoms with van der Waals surface area (Å²) in [6, 6.07) is 8.48. The van der Waals surface area contributed by atoms with Crippen molar-refractivity contribution in [2.24, 2.45) is 0 Å². The molecule has 0 N–H and O–H groups in total. The highest BCUT2D eigenvalue weighted by Gasteiger charge is 2.30. The summed E-state index contributed by atoms with van der Waals surface area (Å²) in [4.78, 5) is 0. The third-order valence-electron chi connectivity index (χ3n) is 5.50. The van der Waals surface area contributed by atoms with Gasteiger partial charge in [-0.2, -0.15) is 13.2 Å². The van der Waals surface area contributed by atoms with Crippen LogP contribution in [0.3, 0.4) is 0 Å². The largest absolute Gasteiger partial charge is 0.416 e. The quantitative estimate of drug-likeness (QED) is 0.388. The first-order chi connectivity index (χ1) is 13.6. The topological polar surface area (TPSA) is 0 Å². The molecular formula is C24H27ClF4. The standard InChI is InChI=1S/C24H27ClF4/c1-5-7-8-20(21-14-22(25)23(26)13-17(21)6-2)16(4)15(3)18-9-11-19(12-10-18)24(27,28)29/h9-15H,5-8H2,1-4H3/b20-16+. The molecule has 1 unspecified atom stereocenters. The molecule has 0 spiro atoms. The van der Waals surface area contributed by atoms with Crippen LogP contribution in [0, 0.1) is 5.82 Å². The number of unbranched alkanes of at least 4 members (excludes halogenated alkanes) is 1. The third kappa shape index (κ3) is 5.63. The maximum atomic E-state index is 14.0. The number of benzene rings is 2. The molecule has 0 fully saturated rings. The van der Waals surface area contributed by atoms with E-state index in [0.717, 1.165) is 59.2 Å². The molecule has 0 amide bonds. The predicted octanol–water partition coefficient (Wildman–Crippen LogP) is 8.83. The lowest BCUT2D eigenvalue weighted by Gasteiger charge is -2.22. The molecule has 0 aliphatic rings. The summed E-state index contributed by atoms with van der Waals surface area (Å²) in [5, 5.41) is 0.0844. The fraction of sp³-hybridized carbons (Fsp3) is 0.417. The first kappa shape index (κ1) is 23.5. The number of allylic oxidation sites excluding steroid dienone is 2. The van der Waals surface area contributed by atoms with E-state index in [-0.39, 0.29) is 10.9 Å². The lowest BCUT2D eigenvalue weighted by atomic mass is 9.84. The molecule has 0 aliphatic heterocycles. The van der Waals surface area contributed by atoms with Crippen molar-refractivity contribution in [3.8, 4) is 0 Å². The second-order valence-corrected chi connectivity index (χ2v) is 7.79. The minimum absolute atomic E-state index is 0.0716. The van der Waals surface area contributed by atoms with Crippen LogP contribution in [0.2, 0.25) is 5.02 Å². The average molecular weight is 427 g/mol. The molecule has 2 rings (SSSR count). The minimum atomic E-state index is -4.35. The molecule has 0 saturated heterocycles. The van der Waals surface area contributed by atoms with Gasteiger partial charge in [0.05, 0.1) is 10.6 Å². The van der Waals surface area contributed by atoms with Gasteiger partial charge >= 0.3 is 6.18 Å². The van der Waals surface area contributed by atoms with Crippen LogP contribution >= 0.6 is 11.6 Å². The van der Waals surface area contributed by atoms with Crippen molar-refractivity contribution in [2.45, 2.75) is 65.5 Å². The molecule has 5 heteroatoms. The van der Waals surface area contributed by atoms with Crippen LogP contribution < -0.4 is 0 Å². The van der Waals surface area contributed by atoms with Crippen LogP contribution in [0.4, 0.5) is 17.6 Å². The van der Waals surface area contributed by atoms with E-state index in [0.29, 0.717) is 6.42 Å². The van der Waals surface area contributed by atoms with Gasteiger partial charge in [-0.1, -0.05) is 56.5 Å². The summed E-state index contributed by atoms with van der Waals surface area (Å²) in [6.45, 7) is 8.06.